The zero-order valence-corrected chi connectivity index (χ0v) is 14.4. The molecular formula is C19H16O2S2. The van der Waals surface area contributed by atoms with Crippen molar-refractivity contribution in [3.05, 3.63) is 66.7 Å². The lowest BCUT2D eigenvalue weighted by atomic mass is 10.1. The molecule has 116 valence electrons. The van der Waals surface area contributed by atoms with Crippen molar-refractivity contribution in [2.45, 2.75) is 11.8 Å². The molecule has 0 radical (unpaired) electrons. The standard InChI is InChI=1S/C19H16O2S2/c1-13(2)19(20)21-12-22-16-9-7-14(8-10-16)18-11-15-5-3-4-6-17(15)23-18/h3-11H,1,12H2,2H3. The quantitative estimate of drug-likeness (QED) is 0.256. The Morgan fingerprint density at radius 2 is 1.91 bits per heavy atom. The first-order valence-electron chi connectivity index (χ1n) is 7.18. The van der Waals surface area contributed by atoms with Crippen molar-refractivity contribution in [1.29, 1.82) is 0 Å². The zero-order valence-electron chi connectivity index (χ0n) is 12.7. The molecule has 0 N–H and O–H groups in total. The summed E-state index contributed by atoms with van der Waals surface area (Å²) in [6.07, 6.45) is 0. The molecule has 23 heavy (non-hydrogen) atoms. The average molecular weight is 340 g/mol. The lowest BCUT2D eigenvalue weighted by molar-refractivity contribution is -0.136. The van der Waals surface area contributed by atoms with E-state index in [1.807, 2.05) is 0 Å². The third kappa shape index (κ3) is 3.84. The van der Waals surface area contributed by atoms with Gasteiger partial charge in [-0.2, -0.15) is 0 Å². The fraction of sp³-hybridized carbons (Fsp3) is 0.105. The second-order valence-electron chi connectivity index (χ2n) is 5.15. The van der Waals surface area contributed by atoms with Crippen LogP contribution in [-0.2, 0) is 9.53 Å². The van der Waals surface area contributed by atoms with E-state index in [1.165, 1.54) is 32.3 Å². The van der Waals surface area contributed by atoms with Gasteiger partial charge in [-0.3, -0.25) is 0 Å². The zero-order chi connectivity index (χ0) is 16.2. The third-order valence-corrected chi connectivity index (χ3v) is 5.33. The Morgan fingerprint density at radius 3 is 2.61 bits per heavy atom. The monoisotopic (exact) mass is 340 g/mol. The van der Waals surface area contributed by atoms with E-state index in [0.717, 1.165) is 4.90 Å². The number of thioether (sulfide) groups is 1. The molecule has 0 bridgehead atoms. The highest BCUT2D eigenvalue weighted by Gasteiger charge is 2.05. The minimum Gasteiger partial charge on any atom is -0.451 e. The molecule has 0 saturated heterocycles. The molecule has 0 unspecified atom stereocenters. The van der Waals surface area contributed by atoms with E-state index in [1.54, 1.807) is 18.3 Å². The van der Waals surface area contributed by atoms with E-state index in [-0.39, 0.29) is 5.97 Å². The van der Waals surface area contributed by atoms with Crippen LogP contribution in [0.4, 0.5) is 0 Å². The maximum atomic E-state index is 11.3. The molecule has 4 heteroatoms. The maximum Gasteiger partial charge on any atom is 0.333 e. The highest BCUT2D eigenvalue weighted by Crippen LogP contribution is 2.34. The molecule has 0 aliphatic rings. The fourth-order valence-electron chi connectivity index (χ4n) is 2.11. The van der Waals surface area contributed by atoms with Crippen LogP contribution >= 0.6 is 23.1 Å². The number of fused-ring (bicyclic) bond motifs is 1. The predicted molar refractivity (Wildman–Crippen MR) is 98.9 cm³/mol. The van der Waals surface area contributed by atoms with Gasteiger partial charge < -0.3 is 4.74 Å². The van der Waals surface area contributed by atoms with Crippen molar-refractivity contribution in [2.24, 2.45) is 0 Å². The van der Waals surface area contributed by atoms with Gasteiger partial charge in [0.05, 0.1) is 0 Å². The Labute approximate surface area is 143 Å². The normalized spacial score (nSPS) is 10.7. The maximum absolute atomic E-state index is 11.3. The number of carbonyl (C=O) groups excluding carboxylic acids is 1. The van der Waals surface area contributed by atoms with Crippen LogP contribution in [0.3, 0.4) is 0 Å². The summed E-state index contributed by atoms with van der Waals surface area (Å²) in [5, 5.41) is 1.28. The molecule has 3 aromatic rings. The van der Waals surface area contributed by atoms with Gasteiger partial charge in [-0.25, -0.2) is 4.79 Å². The van der Waals surface area contributed by atoms with E-state index in [0.29, 0.717) is 11.5 Å². The van der Waals surface area contributed by atoms with Crippen LogP contribution in [0.1, 0.15) is 6.92 Å². The van der Waals surface area contributed by atoms with Crippen LogP contribution in [-0.4, -0.2) is 11.9 Å². The summed E-state index contributed by atoms with van der Waals surface area (Å²) in [5.74, 6) is -0.0483. The highest BCUT2D eigenvalue weighted by atomic mass is 32.2. The molecule has 0 saturated carbocycles. The van der Waals surface area contributed by atoms with Gasteiger partial charge in [0.15, 0.2) is 0 Å². The summed E-state index contributed by atoms with van der Waals surface area (Å²) in [5.41, 5.74) is 1.63. The fourth-order valence-corrected chi connectivity index (χ4v) is 3.81. The van der Waals surface area contributed by atoms with Gasteiger partial charge in [0, 0.05) is 20.0 Å². The van der Waals surface area contributed by atoms with Crippen LogP contribution in [0.5, 0.6) is 0 Å². The number of ether oxygens (including phenoxy) is 1. The summed E-state index contributed by atoms with van der Waals surface area (Å²) in [7, 11) is 0. The Bertz CT molecular complexity index is 814. The molecular weight excluding hydrogens is 324 g/mol. The average Bonchev–Trinajstić information content (AvgIpc) is 2.99. The van der Waals surface area contributed by atoms with Crippen molar-refractivity contribution in [1.82, 2.24) is 0 Å². The van der Waals surface area contributed by atoms with Crippen molar-refractivity contribution in [3.8, 4) is 10.4 Å². The minimum atomic E-state index is -0.348. The number of thiophene rings is 1. The van der Waals surface area contributed by atoms with E-state index >= 15 is 0 Å². The molecule has 0 fully saturated rings. The lowest BCUT2D eigenvalue weighted by Gasteiger charge is -2.05. The molecule has 2 nitrogen and oxygen atoms in total. The number of benzene rings is 2. The SMILES string of the molecule is C=C(C)C(=O)OCSc1ccc(-c2cc3ccccc3s2)cc1. The molecule has 0 aliphatic heterocycles. The van der Waals surface area contributed by atoms with Crippen LogP contribution in [0.2, 0.25) is 0 Å². The second-order valence-corrected chi connectivity index (χ2v) is 7.23. The first kappa shape index (κ1) is 15.8. The lowest BCUT2D eigenvalue weighted by Crippen LogP contribution is -2.03. The van der Waals surface area contributed by atoms with Gasteiger partial charge >= 0.3 is 5.97 Å². The largest absolute Gasteiger partial charge is 0.451 e. The van der Waals surface area contributed by atoms with Crippen molar-refractivity contribution >= 4 is 39.2 Å². The van der Waals surface area contributed by atoms with Gasteiger partial charge in [-0.1, -0.05) is 48.7 Å². The molecule has 3 rings (SSSR count). The summed E-state index contributed by atoms with van der Waals surface area (Å²) < 4.78 is 6.39. The number of hydrogen-bond donors (Lipinski definition) is 0. The van der Waals surface area contributed by atoms with E-state index in [2.05, 4.69) is 61.2 Å². The van der Waals surface area contributed by atoms with Crippen LogP contribution in [0, 0.1) is 0 Å². The van der Waals surface area contributed by atoms with Gasteiger partial charge in [-0.05, 0) is 42.1 Å². The van der Waals surface area contributed by atoms with Crippen molar-refractivity contribution in [3.63, 3.8) is 0 Å². The van der Waals surface area contributed by atoms with E-state index < -0.39 is 0 Å². The summed E-state index contributed by atoms with van der Waals surface area (Å²) in [6.45, 7) is 5.21. The number of carbonyl (C=O) groups is 1. The first-order chi connectivity index (χ1) is 11.1. The van der Waals surface area contributed by atoms with Gasteiger partial charge in [0.2, 0.25) is 0 Å². The van der Waals surface area contributed by atoms with Crippen LogP contribution < -0.4 is 0 Å². The van der Waals surface area contributed by atoms with E-state index in [9.17, 15) is 4.79 Å². The molecule has 2 aromatic carbocycles. The number of rotatable bonds is 5. The second kappa shape index (κ2) is 7.02. The molecule has 0 spiro atoms. The molecule has 1 aromatic heterocycles. The predicted octanol–water partition coefficient (Wildman–Crippen LogP) is 5.74. The topological polar surface area (TPSA) is 26.3 Å². The molecule has 0 aliphatic carbocycles. The Morgan fingerprint density at radius 1 is 1.17 bits per heavy atom. The van der Waals surface area contributed by atoms with Crippen molar-refractivity contribution in [2.75, 3.05) is 5.94 Å². The van der Waals surface area contributed by atoms with E-state index in [4.69, 9.17) is 4.74 Å². The third-order valence-electron chi connectivity index (χ3n) is 3.33. The Kier molecular flexibility index (Phi) is 4.84. The molecule has 0 amide bonds. The Hall–Kier alpha value is -2.04. The van der Waals surface area contributed by atoms with Crippen LogP contribution in [0.25, 0.3) is 20.5 Å². The van der Waals surface area contributed by atoms with Crippen LogP contribution in [0.15, 0.2) is 71.6 Å². The number of esters is 1. The summed E-state index contributed by atoms with van der Waals surface area (Å²) >= 11 is 3.29. The van der Waals surface area contributed by atoms with Gasteiger partial charge in [0.25, 0.3) is 0 Å². The highest BCUT2D eigenvalue weighted by molar-refractivity contribution is 7.99. The molecule has 1 heterocycles. The molecule has 0 atom stereocenters. The van der Waals surface area contributed by atoms with Gasteiger partial charge in [0.1, 0.15) is 5.94 Å². The summed E-state index contributed by atoms with van der Waals surface area (Å²) in [4.78, 5) is 13.7. The first-order valence-corrected chi connectivity index (χ1v) is 8.98. The Balaban J connectivity index is 1.67. The minimum absolute atomic E-state index is 0.300. The smallest absolute Gasteiger partial charge is 0.333 e. The van der Waals surface area contributed by atoms with Gasteiger partial charge in [-0.15, -0.1) is 11.3 Å². The summed E-state index contributed by atoms with van der Waals surface area (Å²) in [6, 6.07) is 18.9. The number of hydrogen-bond acceptors (Lipinski definition) is 4. The van der Waals surface area contributed by atoms with Crippen molar-refractivity contribution < 1.29 is 9.53 Å².